The highest BCUT2D eigenvalue weighted by atomic mass is 79.9. The van der Waals surface area contributed by atoms with Gasteiger partial charge in [-0.05, 0) is 35.0 Å². The van der Waals surface area contributed by atoms with Crippen molar-refractivity contribution in [3.8, 4) is 0 Å². The van der Waals surface area contributed by atoms with Crippen molar-refractivity contribution in [1.82, 2.24) is 0 Å². The van der Waals surface area contributed by atoms with Crippen molar-refractivity contribution in [2.75, 3.05) is 0 Å². The average Bonchev–Trinajstić information content (AvgIpc) is 2.40. The Morgan fingerprint density at radius 1 is 1.50 bits per heavy atom. The van der Waals surface area contributed by atoms with E-state index < -0.39 is 5.97 Å². The van der Waals surface area contributed by atoms with E-state index in [2.05, 4.69) is 15.9 Å². The highest BCUT2D eigenvalue weighted by Gasteiger charge is 2.16. The van der Waals surface area contributed by atoms with Gasteiger partial charge in [0.25, 0.3) is 0 Å². The van der Waals surface area contributed by atoms with Gasteiger partial charge in [-0.15, -0.1) is 11.3 Å². The van der Waals surface area contributed by atoms with Crippen LogP contribution in [-0.4, -0.2) is 11.1 Å². The number of halogens is 1. The predicted octanol–water partition coefficient (Wildman–Crippen LogP) is 3.67. The topological polar surface area (TPSA) is 37.3 Å². The van der Waals surface area contributed by atoms with Crippen LogP contribution in [0.1, 0.15) is 15.9 Å². The number of thiophene rings is 1. The van der Waals surface area contributed by atoms with Crippen LogP contribution in [0.4, 0.5) is 0 Å². The van der Waals surface area contributed by atoms with Crippen LogP contribution < -0.4 is 0 Å². The van der Waals surface area contributed by atoms with E-state index >= 15 is 0 Å². The zero-order valence-corrected chi connectivity index (χ0v) is 9.78. The fraction of sp³-hybridized carbons (Fsp3) is 0.100. The maximum Gasteiger partial charge on any atom is 0.338 e. The second kappa shape index (κ2) is 3.37. The molecule has 72 valence electrons. The lowest BCUT2D eigenvalue weighted by Gasteiger charge is -1.94. The molecule has 0 amide bonds. The lowest BCUT2D eigenvalue weighted by molar-refractivity contribution is 0.0698. The largest absolute Gasteiger partial charge is 0.478 e. The van der Waals surface area contributed by atoms with Crippen LogP contribution in [0, 0.1) is 6.92 Å². The number of rotatable bonds is 1. The third kappa shape index (κ3) is 1.44. The molecule has 0 bridgehead atoms. The van der Waals surface area contributed by atoms with E-state index in [0.29, 0.717) is 9.35 Å². The molecule has 1 heterocycles. The molecule has 0 fully saturated rings. The molecule has 0 radical (unpaired) electrons. The molecular formula is C10H7BrO2S. The summed E-state index contributed by atoms with van der Waals surface area (Å²) in [6.45, 7) is 1.96. The van der Waals surface area contributed by atoms with E-state index in [9.17, 15) is 4.79 Å². The molecule has 0 saturated carbocycles. The van der Waals surface area contributed by atoms with Crippen LogP contribution in [0.5, 0.6) is 0 Å². The Kier molecular flexibility index (Phi) is 2.33. The molecule has 0 spiro atoms. The number of carboxylic acid groups (broad SMARTS) is 1. The van der Waals surface area contributed by atoms with Crippen LogP contribution in [-0.2, 0) is 0 Å². The van der Waals surface area contributed by atoms with Gasteiger partial charge in [0, 0.05) is 10.1 Å². The number of benzene rings is 1. The number of fused-ring (bicyclic) bond motifs is 1. The number of hydrogen-bond donors (Lipinski definition) is 1. The van der Waals surface area contributed by atoms with E-state index in [4.69, 9.17) is 5.11 Å². The van der Waals surface area contributed by atoms with Crippen molar-refractivity contribution >= 4 is 43.3 Å². The van der Waals surface area contributed by atoms with E-state index in [1.807, 2.05) is 25.1 Å². The monoisotopic (exact) mass is 270 g/mol. The SMILES string of the molecule is Cc1ccc2sc(Br)c(C(=O)O)c2c1. The average molecular weight is 271 g/mol. The normalized spacial score (nSPS) is 10.7. The quantitative estimate of drug-likeness (QED) is 0.859. The van der Waals surface area contributed by atoms with Gasteiger partial charge in [0.1, 0.15) is 0 Å². The Bertz CT molecular complexity index is 516. The lowest BCUT2D eigenvalue weighted by atomic mass is 10.1. The summed E-state index contributed by atoms with van der Waals surface area (Å²) in [4.78, 5) is 11.0. The Labute approximate surface area is 93.3 Å². The standard InChI is InChI=1S/C10H7BrO2S/c1-5-2-3-7-6(4-5)8(10(12)13)9(11)14-7/h2-4H,1H3,(H,12,13). The third-order valence-corrected chi connectivity index (χ3v) is 3.86. The van der Waals surface area contributed by atoms with E-state index in [1.165, 1.54) is 11.3 Å². The first kappa shape index (κ1) is 9.68. The lowest BCUT2D eigenvalue weighted by Crippen LogP contribution is -1.94. The van der Waals surface area contributed by atoms with Gasteiger partial charge in [0.2, 0.25) is 0 Å². The number of hydrogen-bond acceptors (Lipinski definition) is 2. The second-order valence-corrected chi connectivity index (χ2v) is 5.43. The third-order valence-electron chi connectivity index (χ3n) is 2.01. The molecule has 2 rings (SSSR count). The molecule has 0 saturated heterocycles. The molecule has 1 N–H and O–H groups in total. The van der Waals surface area contributed by atoms with Gasteiger partial charge >= 0.3 is 5.97 Å². The van der Waals surface area contributed by atoms with Crippen LogP contribution in [0.3, 0.4) is 0 Å². The number of aryl methyl sites for hydroxylation is 1. The molecule has 14 heavy (non-hydrogen) atoms. The van der Waals surface area contributed by atoms with Crippen LogP contribution in [0.25, 0.3) is 10.1 Å². The highest BCUT2D eigenvalue weighted by Crippen LogP contribution is 2.35. The van der Waals surface area contributed by atoms with Crippen molar-refractivity contribution < 1.29 is 9.90 Å². The van der Waals surface area contributed by atoms with Crippen molar-refractivity contribution in [3.05, 3.63) is 33.1 Å². The van der Waals surface area contributed by atoms with Gasteiger partial charge in [0.05, 0.1) is 9.35 Å². The van der Waals surface area contributed by atoms with Crippen LogP contribution in [0.15, 0.2) is 22.0 Å². The Hall–Kier alpha value is -0.870. The highest BCUT2D eigenvalue weighted by molar-refractivity contribution is 9.11. The Balaban J connectivity index is 2.86. The molecule has 0 aliphatic rings. The van der Waals surface area contributed by atoms with Crippen molar-refractivity contribution in [1.29, 1.82) is 0 Å². The van der Waals surface area contributed by atoms with Crippen LogP contribution >= 0.6 is 27.3 Å². The predicted molar refractivity (Wildman–Crippen MR) is 61.2 cm³/mol. The summed E-state index contributed by atoms with van der Waals surface area (Å²) in [6, 6.07) is 5.84. The molecule has 1 aromatic heterocycles. The minimum absolute atomic E-state index is 0.369. The van der Waals surface area contributed by atoms with Gasteiger partial charge in [-0.2, -0.15) is 0 Å². The molecule has 0 aliphatic heterocycles. The zero-order chi connectivity index (χ0) is 10.3. The van der Waals surface area contributed by atoms with Gasteiger partial charge in [-0.3, -0.25) is 0 Å². The number of aromatic carboxylic acids is 1. The molecule has 1 aromatic carbocycles. The smallest absolute Gasteiger partial charge is 0.338 e. The summed E-state index contributed by atoms with van der Waals surface area (Å²) in [7, 11) is 0. The first-order chi connectivity index (χ1) is 6.59. The first-order valence-electron chi connectivity index (χ1n) is 4.01. The summed E-state index contributed by atoms with van der Waals surface area (Å²) in [5, 5.41) is 9.83. The maximum absolute atomic E-state index is 11.0. The van der Waals surface area contributed by atoms with Crippen molar-refractivity contribution in [3.63, 3.8) is 0 Å². The number of carboxylic acids is 1. The Morgan fingerprint density at radius 2 is 2.21 bits per heavy atom. The summed E-state index contributed by atoms with van der Waals surface area (Å²) >= 11 is 4.72. The van der Waals surface area contributed by atoms with Gasteiger partial charge in [0.15, 0.2) is 0 Å². The summed E-state index contributed by atoms with van der Waals surface area (Å²) in [5.74, 6) is -0.881. The van der Waals surface area contributed by atoms with Gasteiger partial charge in [-0.1, -0.05) is 11.6 Å². The minimum atomic E-state index is -0.881. The Morgan fingerprint density at radius 3 is 2.86 bits per heavy atom. The van der Waals surface area contributed by atoms with Crippen molar-refractivity contribution in [2.45, 2.75) is 6.92 Å². The molecule has 0 atom stereocenters. The zero-order valence-electron chi connectivity index (χ0n) is 7.37. The molecular weight excluding hydrogens is 264 g/mol. The minimum Gasteiger partial charge on any atom is -0.478 e. The van der Waals surface area contributed by atoms with E-state index in [1.54, 1.807) is 0 Å². The molecule has 0 unspecified atom stereocenters. The molecule has 0 aliphatic carbocycles. The van der Waals surface area contributed by atoms with E-state index in [0.717, 1.165) is 15.6 Å². The summed E-state index contributed by atoms with van der Waals surface area (Å²) in [6.07, 6.45) is 0. The molecule has 2 aromatic rings. The van der Waals surface area contributed by atoms with Gasteiger partial charge in [-0.25, -0.2) is 4.79 Å². The maximum atomic E-state index is 11.0. The summed E-state index contributed by atoms with van der Waals surface area (Å²) < 4.78 is 1.69. The van der Waals surface area contributed by atoms with Crippen molar-refractivity contribution in [2.24, 2.45) is 0 Å². The fourth-order valence-electron chi connectivity index (χ4n) is 1.38. The molecule has 4 heteroatoms. The fourth-order valence-corrected chi connectivity index (χ4v) is 3.19. The first-order valence-corrected chi connectivity index (χ1v) is 5.62. The summed E-state index contributed by atoms with van der Waals surface area (Å²) in [5.41, 5.74) is 1.44. The second-order valence-electron chi connectivity index (χ2n) is 3.06. The van der Waals surface area contributed by atoms with Gasteiger partial charge < -0.3 is 5.11 Å². The number of carbonyl (C=O) groups is 1. The van der Waals surface area contributed by atoms with E-state index in [-0.39, 0.29) is 0 Å². The molecule has 2 nitrogen and oxygen atoms in total. The van der Waals surface area contributed by atoms with Crippen LogP contribution in [0.2, 0.25) is 0 Å².